The number of amides is 1. The summed E-state index contributed by atoms with van der Waals surface area (Å²) in [6, 6.07) is 14.0. The second-order valence-corrected chi connectivity index (χ2v) is 8.36. The molecule has 1 aliphatic rings. The summed E-state index contributed by atoms with van der Waals surface area (Å²) in [7, 11) is -3.82. The minimum Gasteiger partial charge on any atom is -0.352 e. The van der Waals surface area contributed by atoms with Crippen molar-refractivity contribution in [3.63, 3.8) is 0 Å². The van der Waals surface area contributed by atoms with E-state index in [0.717, 1.165) is 24.0 Å². The van der Waals surface area contributed by atoms with E-state index in [0.29, 0.717) is 5.69 Å². The van der Waals surface area contributed by atoms with Crippen LogP contribution in [0.3, 0.4) is 0 Å². The molecule has 0 aliphatic heterocycles. The van der Waals surface area contributed by atoms with E-state index >= 15 is 0 Å². The van der Waals surface area contributed by atoms with Crippen molar-refractivity contribution in [3.05, 3.63) is 59.7 Å². The number of hydrogen-bond donors (Lipinski definition) is 1. The van der Waals surface area contributed by atoms with Crippen LogP contribution in [0.4, 0.5) is 5.69 Å². The molecule has 25 heavy (non-hydrogen) atoms. The van der Waals surface area contributed by atoms with E-state index in [4.69, 9.17) is 0 Å². The Bertz CT molecular complexity index is 855. The average Bonchev–Trinajstić information content (AvgIpc) is 3.38. The Hall–Kier alpha value is -2.34. The lowest BCUT2D eigenvalue weighted by Crippen LogP contribution is -2.41. The van der Waals surface area contributed by atoms with E-state index in [2.05, 4.69) is 5.32 Å². The quantitative estimate of drug-likeness (QED) is 0.863. The molecular weight excluding hydrogens is 336 g/mol. The first-order chi connectivity index (χ1) is 11.9. The van der Waals surface area contributed by atoms with Gasteiger partial charge in [-0.25, -0.2) is 8.42 Å². The Kier molecular flexibility index (Phi) is 4.81. The van der Waals surface area contributed by atoms with E-state index in [1.165, 1.54) is 4.31 Å². The van der Waals surface area contributed by atoms with Crippen LogP contribution >= 0.6 is 0 Å². The van der Waals surface area contributed by atoms with Crippen molar-refractivity contribution in [1.82, 2.24) is 5.32 Å². The predicted molar refractivity (Wildman–Crippen MR) is 98.1 cm³/mol. The maximum Gasteiger partial charge on any atom is 0.264 e. The topological polar surface area (TPSA) is 66.5 Å². The van der Waals surface area contributed by atoms with Gasteiger partial charge >= 0.3 is 0 Å². The van der Waals surface area contributed by atoms with Gasteiger partial charge in [0, 0.05) is 6.04 Å². The Labute approximate surface area is 148 Å². The van der Waals surface area contributed by atoms with Crippen molar-refractivity contribution in [2.45, 2.75) is 37.6 Å². The number of sulfonamides is 1. The SMILES string of the molecule is Cc1ccc(N(CC(=O)NC2CC2)S(=O)(=O)c2ccc(C)cc2)cc1. The largest absolute Gasteiger partial charge is 0.352 e. The molecule has 0 spiro atoms. The van der Waals surface area contributed by atoms with Gasteiger partial charge in [-0.2, -0.15) is 0 Å². The zero-order valence-electron chi connectivity index (χ0n) is 14.4. The van der Waals surface area contributed by atoms with Gasteiger partial charge in [-0.15, -0.1) is 0 Å². The summed E-state index contributed by atoms with van der Waals surface area (Å²) in [5.41, 5.74) is 2.49. The summed E-state index contributed by atoms with van der Waals surface area (Å²) in [6.45, 7) is 3.61. The molecule has 1 fully saturated rings. The maximum absolute atomic E-state index is 13.1. The van der Waals surface area contributed by atoms with Crippen molar-refractivity contribution >= 4 is 21.6 Å². The van der Waals surface area contributed by atoms with Gasteiger partial charge < -0.3 is 5.32 Å². The smallest absolute Gasteiger partial charge is 0.264 e. The van der Waals surface area contributed by atoms with E-state index < -0.39 is 10.0 Å². The van der Waals surface area contributed by atoms with Crippen molar-refractivity contribution in [2.75, 3.05) is 10.8 Å². The Morgan fingerprint density at radius 2 is 1.52 bits per heavy atom. The minimum absolute atomic E-state index is 0.179. The second kappa shape index (κ2) is 6.88. The van der Waals surface area contributed by atoms with Crippen molar-refractivity contribution in [2.24, 2.45) is 0 Å². The Morgan fingerprint density at radius 3 is 2.04 bits per heavy atom. The molecule has 0 aromatic heterocycles. The molecule has 1 amide bonds. The van der Waals surface area contributed by atoms with E-state index in [-0.39, 0.29) is 23.4 Å². The van der Waals surface area contributed by atoms with Crippen molar-refractivity contribution in [1.29, 1.82) is 0 Å². The van der Waals surface area contributed by atoms with Crippen LogP contribution in [0.5, 0.6) is 0 Å². The number of carbonyl (C=O) groups excluding carboxylic acids is 1. The molecule has 0 bridgehead atoms. The molecule has 0 heterocycles. The van der Waals surface area contributed by atoms with Crippen LogP contribution in [-0.2, 0) is 14.8 Å². The first-order valence-corrected chi connectivity index (χ1v) is 9.76. The summed E-state index contributed by atoms with van der Waals surface area (Å²) in [6.07, 6.45) is 1.92. The molecule has 2 aromatic carbocycles. The highest BCUT2D eigenvalue weighted by Crippen LogP contribution is 2.25. The van der Waals surface area contributed by atoms with Gasteiger partial charge in [0.2, 0.25) is 5.91 Å². The van der Waals surface area contributed by atoms with E-state index in [1.54, 1.807) is 36.4 Å². The highest BCUT2D eigenvalue weighted by Gasteiger charge is 2.29. The number of aryl methyl sites for hydroxylation is 2. The van der Waals surface area contributed by atoms with Gasteiger partial charge in [-0.1, -0.05) is 35.4 Å². The zero-order valence-corrected chi connectivity index (χ0v) is 15.2. The van der Waals surface area contributed by atoms with Crippen LogP contribution in [0.1, 0.15) is 24.0 Å². The van der Waals surface area contributed by atoms with Gasteiger partial charge in [0.15, 0.2) is 0 Å². The zero-order chi connectivity index (χ0) is 18.0. The number of rotatable bonds is 6. The summed E-state index contributed by atoms with van der Waals surface area (Å²) < 4.78 is 27.4. The number of anilines is 1. The van der Waals surface area contributed by atoms with Crippen LogP contribution in [-0.4, -0.2) is 26.9 Å². The minimum atomic E-state index is -3.82. The Balaban J connectivity index is 1.94. The molecular formula is C19H22N2O3S. The van der Waals surface area contributed by atoms with Crippen LogP contribution in [0.25, 0.3) is 0 Å². The molecule has 6 heteroatoms. The summed E-state index contributed by atoms with van der Waals surface area (Å²) in [4.78, 5) is 12.4. The van der Waals surface area contributed by atoms with Crippen molar-refractivity contribution in [3.8, 4) is 0 Å². The fraction of sp³-hybridized carbons (Fsp3) is 0.316. The monoisotopic (exact) mass is 358 g/mol. The van der Waals surface area contributed by atoms with Crippen LogP contribution in [0.2, 0.25) is 0 Å². The number of nitrogens with zero attached hydrogens (tertiary/aromatic N) is 1. The molecule has 3 rings (SSSR count). The van der Waals surface area contributed by atoms with E-state index in [1.807, 2.05) is 26.0 Å². The lowest BCUT2D eigenvalue weighted by Gasteiger charge is -2.24. The Morgan fingerprint density at radius 1 is 1.00 bits per heavy atom. The normalized spacial score (nSPS) is 14.2. The predicted octanol–water partition coefficient (Wildman–Crippen LogP) is 2.78. The molecule has 1 aliphatic carbocycles. The molecule has 1 N–H and O–H groups in total. The molecule has 5 nitrogen and oxygen atoms in total. The summed E-state index contributed by atoms with van der Waals surface area (Å²) in [5.74, 6) is -0.279. The summed E-state index contributed by atoms with van der Waals surface area (Å²) >= 11 is 0. The highest BCUT2D eigenvalue weighted by atomic mass is 32.2. The molecule has 2 aromatic rings. The van der Waals surface area contributed by atoms with Crippen LogP contribution in [0, 0.1) is 13.8 Å². The molecule has 132 valence electrons. The lowest BCUT2D eigenvalue weighted by atomic mass is 10.2. The standard InChI is InChI=1S/C19H22N2O3S/c1-14-3-9-17(10-4-14)21(13-19(22)20-16-7-8-16)25(23,24)18-11-5-15(2)6-12-18/h3-6,9-12,16H,7-8,13H2,1-2H3,(H,20,22). The van der Waals surface area contributed by atoms with Gasteiger partial charge in [-0.05, 0) is 51.0 Å². The molecule has 0 atom stereocenters. The molecule has 1 saturated carbocycles. The number of nitrogens with one attached hydrogen (secondary N) is 1. The molecule has 0 unspecified atom stereocenters. The van der Waals surface area contributed by atoms with Gasteiger partial charge in [0.05, 0.1) is 10.6 Å². The lowest BCUT2D eigenvalue weighted by molar-refractivity contribution is -0.119. The number of carbonyl (C=O) groups is 1. The highest BCUT2D eigenvalue weighted by molar-refractivity contribution is 7.92. The average molecular weight is 358 g/mol. The fourth-order valence-electron chi connectivity index (χ4n) is 2.49. The van der Waals surface area contributed by atoms with Crippen LogP contribution < -0.4 is 9.62 Å². The van der Waals surface area contributed by atoms with Gasteiger partial charge in [-0.3, -0.25) is 9.10 Å². The molecule has 0 radical (unpaired) electrons. The van der Waals surface area contributed by atoms with Gasteiger partial charge in [0.25, 0.3) is 10.0 Å². The number of hydrogen-bond acceptors (Lipinski definition) is 3. The summed E-state index contributed by atoms with van der Waals surface area (Å²) in [5, 5.41) is 2.85. The first kappa shape index (κ1) is 17.5. The fourth-order valence-corrected chi connectivity index (χ4v) is 3.92. The second-order valence-electron chi connectivity index (χ2n) is 6.50. The third kappa shape index (κ3) is 4.20. The van der Waals surface area contributed by atoms with Crippen LogP contribution in [0.15, 0.2) is 53.4 Å². The third-order valence-electron chi connectivity index (χ3n) is 4.16. The van der Waals surface area contributed by atoms with Crippen molar-refractivity contribution < 1.29 is 13.2 Å². The molecule has 0 saturated heterocycles. The third-order valence-corrected chi connectivity index (χ3v) is 5.95. The van der Waals surface area contributed by atoms with E-state index in [9.17, 15) is 13.2 Å². The first-order valence-electron chi connectivity index (χ1n) is 8.32. The van der Waals surface area contributed by atoms with Gasteiger partial charge in [0.1, 0.15) is 6.54 Å². The maximum atomic E-state index is 13.1. The number of benzene rings is 2.